The Balaban J connectivity index is 2.07. The Hall–Kier alpha value is -0.780. The number of nitrogens with two attached hydrogens (primary N) is 1. The van der Waals surface area contributed by atoms with Crippen molar-refractivity contribution in [2.45, 2.75) is 6.54 Å². The lowest BCUT2D eigenvalue weighted by Gasteiger charge is -2.02. The normalized spacial score (nSPS) is 10.1. The van der Waals surface area contributed by atoms with E-state index in [1.807, 2.05) is 12.1 Å². The van der Waals surface area contributed by atoms with Crippen molar-refractivity contribution < 1.29 is 4.79 Å². The Morgan fingerprint density at radius 3 is 2.86 bits per heavy atom. The Kier molecular flexibility index (Phi) is 4.72. The van der Waals surface area contributed by atoms with Crippen LogP contribution in [0.1, 0.15) is 4.88 Å². The molecule has 1 aromatic rings. The second-order valence-electron chi connectivity index (χ2n) is 2.67. The maximum Gasteiger partial charge on any atom is 0.312 e. The van der Waals surface area contributed by atoms with Gasteiger partial charge >= 0.3 is 6.03 Å². The van der Waals surface area contributed by atoms with E-state index >= 15 is 0 Å². The molecule has 4 N–H and O–H groups in total. The van der Waals surface area contributed by atoms with E-state index in [0.29, 0.717) is 13.1 Å². The number of primary amides is 1. The lowest BCUT2D eigenvalue weighted by molar-refractivity contribution is 0.249. The van der Waals surface area contributed by atoms with Gasteiger partial charge in [0.1, 0.15) is 0 Å². The van der Waals surface area contributed by atoms with Gasteiger partial charge in [0.25, 0.3) is 0 Å². The van der Waals surface area contributed by atoms with Crippen LogP contribution in [0, 0.1) is 0 Å². The summed E-state index contributed by atoms with van der Waals surface area (Å²) in [7, 11) is 0. The molecule has 0 radical (unpaired) electrons. The molecule has 1 heterocycles. The molecular weight excluding hydrogens is 222 g/mol. The molecule has 0 aliphatic rings. The number of amides is 2. The minimum Gasteiger partial charge on any atom is -0.352 e. The van der Waals surface area contributed by atoms with Crippen LogP contribution in [0.3, 0.4) is 0 Å². The van der Waals surface area contributed by atoms with Gasteiger partial charge in [-0.25, -0.2) is 4.79 Å². The topological polar surface area (TPSA) is 67.2 Å². The van der Waals surface area contributed by atoms with E-state index in [2.05, 4.69) is 10.6 Å². The average Bonchev–Trinajstić information content (AvgIpc) is 2.50. The summed E-state index contributed by atoms with van der Waals surface area (Å²) in [5, 5.41) is 5.64. The van der Waals surface area contributed by atoms with Crippen molar-refractivity contribution >= 4 is 29.0 Å². The first-order valence-electron chi connectivity index (χ1n) is 4.16. The van der Waals surface area contributed by atoms with Gasteiger partial charge in [-0.15, -0.1) is 11.3 Å². The van der Waals surface area contributed by atoms with E-state index in [-0.39, 0.29) is 0 Å². The molecule has 0 spiro atoms. The molecule has 14 heavy (non-hydrogen) atoms. The summed E-state index contributed by atoms with van der Waals surface area (Å²) in [4.78, 5) is 11.5. The molecular formula is C8H12ClN3OS. The van der Waals surface area contributed by atoms with Crippen LogP contribution < -0.4 is 16.4 Å². The average molecular weight is 234 g/mol. The molecule has 0 aromatic carbocycles. The second kappa shape index (κ2) is 5.85. The van der Waals surface area contributed by atoms with Crippen LogP contribution in [0.5, 0.6) is 0 Å². The molecule has 1 aromatic heterocycles. The number of nitrogens with one attached hydrogen (secondary N) is 2. The molecule has 0 saturated heterocycles. The summed E-state index contributed by atoms with van der Waals surface area (Å²) >= 11 is 7.30. The van der Waals surface area contributed by atoms with Crippen LogP contribution >= 0.6 is 22.9 Å². The van der Waals surface area contributed by atoms with Gasteiger partial charge in [-0.3, -0.25) is 0 Å². The number of hydrogen-bond acceptors (Lipinski definition) is 3. The zero-order valence-electron chi connectivity index (χ0n) is 7.55. The SMILES string of the molecule is NC(=O)NCCNCc1ccc(Cl)s1. The highest BCUT2D eigenvalue weighted by atomic mass is 35.5. The van der Waals surface area contributed by atoms with Gasteiger partial charge < -0.3 is 16.4 Å². The van der Waals surface area contributed by atoms with Crippen molar-refractivity contribution in [1.29, 1.82) is 0 Å². The first kappa shape index (κ1) is 11.3. The van der Waals surface area contributed by atoms with Crippen LogP contribution in [0.15, 0.2) is 12.1 Å². The zero-order valence-corrected chi connectivity index (χ0v) is 9.12. The van der Waals surface area contributed by atoms with Crippen molar-refractivity contribution in [2.24, 2.45) is 5.73 Å². The van der Waals surface area contributed by atoms with Crippen molar-refractivity contribution in [1.82, 2.24) is 10.6 Å². The van der Waals surface area contributed by atoms with Gasteiger partial charge in [-0.1, -0.05) is 11.6 Å². The fourth-order valence-corrected chi connectivity index (χ4v) is 1.99. The number of thiophene rings is 1. The number of urea groups is 1. The molecule has 78 valence electrons. The minimum absolute atomic E-state index is 0.494. The number of hydrogen-bond donors (Lipinski definition) is 3. The smallest absolute Gasteiger partial charge is 0.312 e. The summed E-state index contributed by atoms with van der Waals surface area (Å²) < 4.78 is 0.789. The van der Waals surface area contributed by atoms with Crippen LogP contribution in [-0.4, -0.2) is 19.1 Å². The van der Waals surface area contributed by atoms with Gasteiger partial charge in [0, 0.05) is 24.5 Å². The van der Waals surface area contributed by atoms with Gasteiger partial charge in [0.15, 0.2) is 0 Å². The molecule has 0 aliphatic carbocycles. The Morgan fingerprint density at radius 2 is 2.29 bits per heavy atom. The Bertz CT molecular complexity index is 303. The van der Waals surface area contributed by atoms with Gasteiger partial charge in [0.2, 0.25) is 0 Å². The molecule has 4 nitrogen and oxygen atoms in total. The summed E-state index contributed by atoms with van der Waals surface area (Å²) in [5.74, 6) is 0. The molecule has 0 saturated carbocycles. The van der Waals surface area contributed by atoms with Crippen LogP contribution in [0.25, 0.3) is 0 Å². The maximum absolute atomic E-state index is 10.3. The maximum atomic E-state index is 10.3. The van der Waals surface area contributed by atoms with Gasteiger partial charge in [-0.05, 0) is 12.1 Å². The van der Waals surface area contributed by atoms with Crippen LogP contribution in [0.4, 0.5) is 4.79 Å². The first-order chi connectivity index (χ1) is 6.68. The van der Waals surface area contributed by atoms with Crippen LogP contribution in [0.2, 0.25) is 4.34 Å². The van der Waals surface area contributed by atoms with E-state index in [9.17, 15) is 4.79 Å². The zero-order chi connectivity index (χ0) is 10.4. The van der Waals surface area contributed by atoms with Crippen molar-refractivity contribution in [3.05, 3.63) is 21.3 Å². The highest BCUT2D eigenvalue weighted by Crippen LogP contribution is 2.20. The van der Waals surface area contributed by atoms with E-state index in [0.717, 1.165) is 10.9 Å². The molecule has 0 unspecified atom stereocenters. The summed E-state index contributed by atoms with van der Waals surface area (Å²) in [6, 6.07) is 3.35. The number of halogens is 1. The van der Waals surface area contributed by atoms with Gasteiger partial charge in [-0.2, -0.15) is 0 Å². The fraction of sp³-hybridized carbons (Fsp3) is 0.375. The first-order valence-corrected chi connectivity index (χ1v) is 5.36. The standard InChI is InChI=1S/C8H12ClN3OS/c9-7-2-1-6(14-7)5-11-3-4-12-8(10)13/h1-2,11H,3-5H2,(H3,10,12,13). The number of carbonyl (C=O) groups is 1. The van der Waals surface area contributed by atoms with Crippen LogP contribution in [-0.2, 0) is 6.54 Å². The molecule has 0 fully saturated rings. The highest BCUT2D eigenvalue weighted by molar-refractivity contribution is 7.16. The van der Waals surface area contributed by atoms with E-state index in [1.54, 1.807) is 11.3 Å². The summed E-state index contributed by atoms with van der Waals surface area (Å²) in [5.41, 5.74) is 4.90. The predicted octanol–water partition coefficient (Wildman–Crippen LogP) is 1.16. The summed E-state index contributed by atoms with van der Waals surface area (Å²) in [6.45, 7) is 1.99. The number of carbonyl (C=O) groups excluding carboxylic acids is 1. The van der Waals surface area contributed by atoms with E-state index < -0.39 is 6.03 Å². The lowest BCUT2D eigenvalue weighted by Crippen LogP contribution is -2.35. The van der Waals surface area contributed by atoms with Gasteiger partial charge in [0.05, 0.1) is 4.34 Å². The number of rotatable bonds is 5. The Morgan fingerprint density at radius 1 is 1.50 bits per heavy atom. The summed E-state index contributed by atoms with van der Waals surface area (Å²) in [6.07, 6.45) is 0. The fourth-order valence-electron chi connectivity index (χ4n) is 0.932. The molecule has 0 atom stereocenters. The lowest BCUT2D eigenvalue weighted by atomic mass is 10.4. The quantitative estimate of drug-likeness (QED) is 0.669. The van der Waals surface area contributed by atoms with Crippen molar-refractivity contribution in [3.8, 4) is 0 Å². The molecule has 6 heteroatoms. The third-order valence-electron chi connectivity index (χ3n) is 1.53. The second-order valence-corrected chi connectivity index (χ2v) is 4.47. The largest absolute Gasteiger partial charge is 0.352 e. The Labute approximate surface area is 91.4 Å². The third kappa shape index (κ3) is 4.45. The molecule has 0 bridgehead atoms. The van der Waals surface area contributed by atoms with E-state index in [4.69, 9.17) is 17.3 Å². The third-order valence-corrected chi connectivity index (χ3v) is 2.76. The van der Waals surface area contributed by atoms with E-state index in [1.165, 1.54) is 4.88 Å². The monoisotopic (exact) mass is 233 g/mol. The minimum atomic E-state index is -0.494. The molecule has 0 aliphatic heterocycles. The highest BCUT2D eigenvalue weighted by Gasteiger charge is 1.96. The predicted molar refractivity (Wildman–Crippen MR) is 58.6 cm³/mol. The molecule has 2 amide bonds. The van der Waals surface area contributed by atoms with Crippen molar-refractivity contribution in [3.63, 3.8) is 0 Å². The molecule has 1 rings (SSSR count). The van der Waals surface area contributed by atoms with Crippen molar-refractivity contribution in [2.75, 3.05) is 13.1 Å².